The predicted molar refractivity (Wildman–Crippen MR) is 112 cm³/mol. The van der Waals surface area contributed by atoms with E-state index in [4.69, 9.17) is 5.73 Å². The highest BCUT2D eigenvalue weighted by Gasteiger charge is 2.11. The smallest absolute Gasteiger partial charge is 0.135 e. The van der Waals surface area contributed by atoms with Gasteiger partial charge in [0.05, 0.1) is 0 Å². The van der Waals surface area contributed by atoms with Gasteiger partial charge in [-0.15, -0.1) is 0 Å². The van der Waals surface area contributed by atoms with E-state index >= 15 is 0 Å². The molecule has 0 amide bonds. The van der Waals surface area contributed by atoms with Crippen LogP contribution >= 0.6 is 0 Å². The third kappa shape index (κ3) is 23.8. The number of likely N-dealkylation sites (tertiary alicyclic amines) is 2. The first-order chi connectivity index (χ1) is 11.6. The van der Waals surface area contributed by atoms with Crippen molar-refractivity contribution >= 4 is 5.78 Å². The monoisotopic (exact) mass is 347 g/mol. The van der Waals surface area contributed by atoms with Crippen LogP contribution in [0.1, 0.15) is 81.1 Å². The van der Waals surface area contributed by atoms with E-state index in [0.717, 1.165) is 25.9 Å². The Morgan fingerprint density at radius 3 is 1.25 bits per heavy atom. The number of piperidine rings is 2. The van der Waals surface area contributed by atoms with Crippen molar-refractivity contribution in [3.8, 4) is 0 Å². The van der Waals surface area contributed by atoms with Crippen molar-refractivity contribution in [1.29, 1.82) is 0 Å². The maximum Gasteiger partial charge on any atom is 0.135 e. The summed E-state index contributed by atoms with van der Waals surface area (Å²) in [6.45, 7) is 20.3. The molecule has 0 aromatic rings. The maximum atomic E-state index is 10.6. The van der Waals surface area contributed by atoms with Gasteiger partial charge in [0.1, 0.15) is 5.78 Å². The molecule has 2 aliphatic rings. The summed E-state index contributed by atoms with van der Waals surface area (Å²) >= 11 is 0. The van der Waals surface area contributed by atoms with Crippen molar-refractivity contribution in [3.05, 3.63) is 0 Å². The van der Waals surface area contributed by atoms with E-state index in [1.807, 2.05) is 62.4 Å². The second-order valence-electron chi connectivity index (χ2n) is 4.98. The lowest BCUT2D eigenvalue weighted by Crippen LogP contribution is -2.37. The van der Waals surface area contributed by atoms with Gasteiger partial charge in [-0.25, -0.2) is 0 Å². The summed E-state index contributed by atoms with van der Waals surface area (Å²) in [7, 11) is 4.19. The molecular formula is C20H49N3O. The molecule has 2 fully saturated rings. The quantitative estimate of drug-likeness (QED) is 0.704. The van der Waals surface area contributed by atoms with Gasteiger partial charge in [0.25, 0.3) is 0 Å². The molecule has 0 atom stereocenters. The number of nitrogens with zero attached hydrogens (tertiary/aromatic N) is 2. The lowest BCUT2D eigenvalue weighted by Gasteiger charge is -2.25. The molecule has 0 unspecified atom stereocenters. The van der Waals surface area contributed by atoms with Crippen LogP contribution in [0.25, 0.3) is 0 Å². The van der Waals surface area contributed by atoms with Gasteiger partial charge in [-0.1, -0.05) is 55.4 Å². The second kappa shape index (κ2) is 27.4. The van der Waals surface area contributed by atoms with Crippen LogP contribution in [0.3, 0.4) is 0 Å². The molecule has 2 aliphatic heterocycles. The number of ketones is 1. The van der Waals surface area contributed by atoms with Crippen LogP contribution in [0.2, 0.25) is 0 Å². The van der Waals surface area contributed by atoms with Gasteiger partial charge in [0.15, 0.2) is 0 Å². The van der Waals surface area contributed by atoms with Gasteiger partial charge in [0.2, 0.25) is 0 Å². The first-order valence-electron chi connectivity index (χ1n) is 10.2. The Kier molecular flexibility index (Phi) is 35.8. The fraction of sp³-hybridized carbons (Fsp3) is 0.950. The maximum absolute atomic E-state index is 10.6. The minimum Gasteiger partial charge on any atom is -0.328 e. The van der Waals surface area contributed by atoms with Gasteiger partial charge < -0.3 is 15.5 Å². The molecule has 2 rings (SSSR count). The Morgan fingerprint density at radius 2 is 1.00 bits per heavy atom. The Morgan fingerprint density at radius 1 is 0.708 bits per heavy atom. The zero-order valence-electron chi connectivity index (χ0n) is 18.6. The number of Topliss-reactive ketones (excluding diaryl/α,β-unsaturated/α-hetero) is 1. The fourth-order valence-corrected chi connectivity index (χ4v) is 1.90. The molecule has 2 saturated heterocycles. The normalized spacial score (nSPS) is 17.7. The molecule has 0 aromatic carbocycles. The SMILES string of the molecule is CC.CC.CC.CC.CN1CCC(=O)CC1.CN1CCC(N)CC1. The van der Waals surface area contributed by atoms with Gasteiger partial charge in [0, 0.05) is 32.0 Å². The Balaban J connectivity index is -0.000000118. The van der Waals surface area contributed by atoms with Crippen LogP contribution in [0.5, 0.6) is 0 Å². The summed E-state index contributed by atoms with van der Waals surface area (Å²) in [5.41, 5.74) is 5.67. The number of rotatable bonds is 0. The molecule has 0 saturated carbocycles. The van der Waals surface area contributed by atoms with Crippen LogP contribution in [0, 0.1) is 0 Å². The number of hydrogen-bond donors (Lipinski definition) is 1. The van der Waals surface area contributed by atoms with Crippen LogP contribution in [0.4, 0.5) is 0 Å². The molecule has 4 heteroatoms. The number of hydrogen-bond acceptors (Lipinski definition) is 4. The summed E-state index contributed by atoms with van der Waals surface area (Å²) in [6.07, 6.45) is 3.88. The van der Waals surface area contributed by atoms with Crippen molar-refractivity contribution < 1.29 is 4.79 Å². The van der Waals surface area contributed by atoms with Crippen LogP contribution in [-0.2, 0) is 4.79 Å². The van der Waals surface area contributed by atoms with E-state index < -0.39 is 0 Å². The average Bonchev–Trinajstić information content (AvgIpc) is 2.67. The van der Waals surface area contributed by atoms with E-state index in [1.165, 1.54) is 25.9 Å². The van der Waals surface area contributed by atoms with E-state index in [0.29, 0.717) is 11.8 Å². The summed E-state index contributed by atoms with van der Waals surface area (Å²) in [5.74, 6) is 0.420. The Labute approximate surface area is 154 Å². The molecule has 4 nitrogen and oxygen atoms in total. The highest BCUT2D eigenvalue weighted by Crippen LogP contribution is 2.04. The molecule has 0 aromatic heterocycles. The van der Waals surface area contributed by atoms with E-state index in [1.54, 1.807) is 0 Å². The lowest BCUT2D eigenvalue weighted by atomic mass is 10.1. The van der Waals surface area contributed by atoms with E-state index in [2.05, 4.69) is 16.8 Å². The third-order valence-electron chi connectivity index (χ3n) is 3.31. The molecule has 150 valence electrons. The highest BCUT2D eigenvalue weighted by molar-refractivity contribution is 5.79. The molecule has 24 heavy (non-hydrogen) atoms. The lowest BCUT2D eigenvalue weighted by molar-refractivity contribution is -0.121. The molecule has 2 N–H and O–H groups in total. The Hall–Kier alpha value is -0.450. The van der Waals surface area contributed by atoms with Crippen molar-refractivity contribution in [2.24, 2.45) is 5.73 Å². The average molecular weight is 348 g/mol. The van der Waals surface area contributed by atoms with Crippen molar-refractivity contribution in [1.82, 2.24) is 9.80 Å². The highest BCUT2D eigenvalue weighted by atomic mass is 16.1. The minimum atomic E-state index is 0.420. The van der Waals surface area contributed by atoms with Gasteiger partial charge in [-0.2, -0.15) is 0 Å². The van der Waals surface area contributed by atoms with Crippen molar-refractivity contribution in [3.63, 3.8) is 0 Å². The molecule has 0 spiro atoms. The topological polar surface area (TPSA) is 49.6 Å². The number of carbonyl (C=O) groups excluding carboxylic acids is 1. The molecule has 2 heterocycles. The second-order valence-corrected chi connectivity index (χ2v) is 4.98. The van der Waals surface area contributed by atoms with Gasteiger partial charge in [-0.05, 0) is 40.0 Å². The largest absolute Gasteiger partial charge is 0.328 e. The van der Waals surface area contributed by atoms with Crippen molar-refractivity contribution in [2.45, 2.75) is 87.1 Å². The molecular weight excluding hydrogens is 298 g/mol. The van der Waals surface area contributed by atoms with Crippen LogP contribution in [0.15, 0.2) is 0 Å². The van der Waals surface area contributed by atoms with E-state index in [-0.39, 0.29) is 0 Å². The third-order valence-corrected chi connectivity index (χ3v) is 3.31. The van der Waals surface area contributed by atoms with E-state index in [9.17, 15) is 4.79 Å². The minimum absolute atomic E-state index is 0.420. The molecule has 0 aliphatic carbocycles. The Bertz CT molecular complexity index is 195. The summed E-state index contributed by atoms with van der Waals surface area (Å²) in [5, 5.41) is 0. The van der Waals surface area contributed by atoms with Gasteiger partial charge in [-0.3, -0.25) is 4.79 Å². The van der Waals surface area contributed by atoms with Crippen LogP contribution < -0.4 is 5.73 Å². The number of carbonyl (C=O) groups is 1. The van der Waals surface area contributed by atoms with Gasteiger partial charge >= 0.3 is 0 Å². The fourth-order valence-electron chi connectivity index (χ4n) is 1.90. The summed E-state index contributed by atoms with van der Waals surface area (Å²) < 4.78 is 0. The summed E-state index contributed by atoms with van der Waals surface area (Å²) in [6, 6.07) is 0.478. The zero-order chi connectivity index (χ0) is 20.0. The van der Waals surface area contributed by atoms with Crippen LogP contribution in [-0.4, -0.2) is 61.9 Å². The number of nitrogens with two attached hydrogens (primary N) is 1. The zero-order valence-corrected chi connectivity index (χ0v) is 18.6. The first kappa shape index (κ1) is 31.3. The predicted octanol–water partition coefficient (Wildman–Crippen LogP) is 4.43. The molecule has 0 radical (unpaired) electrons. The molecule has 0 bridgehead atoms. The standard InChI is InChI=1S/C6H14N2.C6H11NO.4C2H6/c1-8-4-2-6(7)3-5-8;1-7-4-2-6(8)3-5-7;4*1-2/h6H,2-5,7H2,1H3;2-5H2,1H3;4*1-2H3. The first-order valence-corrected chi connectivity index (χ1v) is 10.2. The summed E-state index contributed by atoms with van der Waals surface area (Å²) in [4.78, 5) is 15.1. The van der Waals surface area contributed by atoms with Crippen molar-refractivity contribution in [2.75, 3.05) is 40.3 Å².